The van der Waals surface area contributed by atoms with Gasteiger partial charge in [0, 0.05) is 18.7 Å². The van der Waals surface area contributed by atoms with Gasteiger partial charge in [-0.3, -0.25) is 4.79 Å². The van der Waals surface area contributed by atoms with Crippen LogP contribution in [0, 0.1) is 11.3 Å². The van der Waals surface area contributed by atoms with E-state index < -0.39 is 18.2 Å². The third-order valence-corrected chi connectivity index (χ3v) is 4.51. The van der Waals surface area contributed by atoms with Crippen LogP contribution in [0.1, 0.15) is 24.2 Å². The number of carbonyl (C=O) groups excluding carboxylic acids is 2. The molecular formula is C22H22N2O5. The fourth-order valence-electron chi connectivity index (χ4n) is 2.91. The molecular weight excluding hydrogens is 372 g/mol. The van der Waals surface area contributed by atoms with E-state index in [1.165, 1.54) is 0 Å². The zero-order valence-corrected chi connectivity index (χ0v) is 16.1. The molecule has 1 aliphatic rings. The fraction of sp³-hybridized carbons (Fsp3) is 0.318. The highest BCUT2D eigenvalue weighted by atomic mass is 16.6. The molecule has 0 spiro atoms. The Balaban J connectivity index is 1.71. The first-order valence-corrected chi connectivity index (χ1v) is 9.37. The summed E-state index contributed by atoms with van der Waals surface area (Å²) >= 11 is 0. The van der Waals surface area contributed by atoms with E-state index in [1.54, 1.807) is 60.4 Å². The van der Waals surface area contributed by atoms with Gasteiger partial charge in [0.15, 0.2) is 6.10 Å². The van der Waals surface area contributed by atoms with Gasteiger partial charge < -0.3 is 19.1 Å². The molecule has 2 aromatic carbocycles. The van der Waals surface area contributed by atoms with Gasteiger partial charge in [0.05, 0.1) is 24.8 Å². The van der Waals surface area contributed by atoms with Crippen molar-refractivity contribution in [3.63, 3.8) is 0 Å². The highest BCUT2D eigenvalue weighted by Crippen LogP contribution is 2.23. The molecule has 29 heavy (non-hydrogen) atoms. The standard InChI is InChI=1S/C22H22N2O5/c1-16(28-19-9-7-17(15-23)8-10-19)22(26)29-20(18-5-3-2-4-6-18)21(25)24-11-13-27-14-12-24/h2-10,16,20H,11-14H2,1H3/t16-,20+/m1/s1. The smallest absolute Gasteiger partial charge is 0.348 e. The number of morpholine rings is 1. The molecule has 150 valence electrons. The van der Waals surface area contributed by atoms with Crippen molar-refractivity contribution in [3.05, 3.63) is 65.7 Å². The monoisotopic (exact) mass is 394 g/mol. The van der Waals surface area contributed by atoms with Gasteiger partial charge >= 0.3 is 5.97 Å². The fourth-order valence-corrected chi connectivity index (χ4v) is 2.91. The number of hydrogen-bond donors (Lipinski definition) is 0. The van der Waals surface area contributed by atoms with Crippen molar-refractivity contribution in [2.75, 3.05) is 26.3 Å². The minimum absolute atomic E-state index is 0.279. The van der Waals surface area contributed by atoms with Crippen LogP contribution >= 0.6 is 0 Å². The molecule has 3 rings (SSSR count). The number of nitriles is 1. The molecule has 2 atom stereocenters. The molecule has 1 amide bonds. The lowest BCUT2D eigenvalue weighted by Gasteiger charge is -2.30. The Bertz CT molecular complexity index is 870. The SMILES string of the molecule is C[C@@H](Oc1ccc(C#N)cc1)C(=O)O[C@H](C(=O)N1CCOCC1)c1ccccc1. The van der Waals surface area contributed by atoms with Crippen LogP contribution in [0.4, 0.5) is 0 Å². The molecule has 2 aromatic rings. The van der Waals surface area contributed by atoms with Crippen LogP contribution < -0.4 is 4.74 Å². The topological polar surface area (TPSA) is 88.9 Å². The lowest BCUT2D eigenvalue weighted by Crippen LogP contribution is -2.44. The molecule has 1 fully saturated rings. The van der Waals surface area contributed by atoms with Crippen molar-refractivity contribution in [1.82, 2.24) is 4.90 Å². The second-order valence-electron chi connectivity index (χ2n) is 6.56. The Morgan fingerprint density at radius 3 is 2.34 bits per heavy atom. The number of benzene rings is 2. The largest absolute Gasteiger partial charge is 0.479 e. The summed E-state index contributed by atoms with van der Waals surface area (Å²) in [6, 6.07) is 17.4. The Labute approximate surface area is 169 Å². The van der Waals surface area contributed by atoms with E-state index in [1.807, 2.05) is 12.1 Å². The molecule has 0 aliphatic carbocycles. The second kappa shape index (κ2) is 9.71. The molecule has 7 nitrogen and oxygen atoms in total. The summed E-state index contributed by atoms with van der Waals surface area (Å²) < 4.78 is 16.5. The molecule has 0 unspecified atom stereocenters. The van der Waals surface area contributed by atoms with Crippen molar-refractivity contribution in [3.8, 4) is 11.8 Å². The molecule has 7 heteroatoms. The van der Waals surface area contributed by atoms with Crippen LogP contribution in [-0.2, 0) is 19.1 Å². The molecule has 0 aromatic heterocycles. The quantitative estimate of drug-likeness (QED) is 0.700. The minimum atomic E-state index is -1.05. The van der Waals surface area contributed by atoms with Crippen molar-refractivity contribution in [1.29, 1.82) is 5.26 Å². The number of carbonyl (C=O) groups is 2. The van der Waals surface area contributed by atoms with Gasteiger partial charge in [-0.05, 0) is 31.2 Å². The van der Waals surface area contributed by atoms with Gasteiger partial charge in [0.1, 0.15) is 5.75 Å². The number of rotatable bonds is 6. The normalized spacial score (nSPS) is 15.7. The summed E-state index contributed by atoms with van der Waals surface area (Å²) in [6.45, 7) is 3.38. The first-order valence-electron chi connectivity index (χ1n) is 9.37. The zero-order valence-electron chi connectivity index (χ0n) is 16.1. The minimum Gasteiger partial charge on any atom is -0.479 e. The third kappa shape index (κ3) is 5.33. The Hall–Kier alpha value is -3.37. The molecule has 0 bridgehead atoms. The maximum absolute atomic E-state index is 13.0. The van der Waals surface area contributed by atoms with Crippen molar-refractivity contribution >= 4 is 11.9 Å². The Kier molecular flexibility index (Phi) is 6.82. The highest BCUT2D eigenvalue weighted by molar-refractivity contribution is 5.86. The number of nitrogens with zero attached hydrogens (tertiary/aromatic N) is 2. The van der Waals surface area contributed by atoms with Gasteiger partial charge in [-0.2, -0.15) is 5.26 Å². The van der Waals surface area contributed by atoms with Gasteiger partial charge in [-0.1, -0.05) is 30.3 Å². The van der Waals surface area contributed by atoms with Crippen molar-refractivity contribution < 1.29 is 23.8 Å². The molecule has 1 saturated heterocycles. The number of hydrogen-bond acceptors (Lipinski definition) is 6. The van der Waals surface area contributed by atoms with E-state index in [4.69, 9.17) is 19.5 Å². The molecule has 0 radical (unpaired) electrons. The average Bonchev–Trinajstić information content (AvgIpc) is 2.78. The summed E-state index contributed by atoms with van der Waals surface area (Å²) in [5.74, 6) is -0.493. The predicted octanol–water partition coefficient (Wildman–Crippen LogP) is 2.47. The van der Waals surface area contributed by atoms with Crippen molar-refractivity contribution in [2.24, 2.45) is 0 Å². The lowest BCUT2D eigenvalue weighted by atomic mass is 10.1. The summed E-state index contributed by atoms with van der Waals surface area (Å²) in [5, 5.41) is 8.86. The third-order valence-electron chi connectivity index (χ3n) is 4.51. The van der Waals surface area contributed by atoms with E-state index in [0.29, 0.717) is 43.2 Å². The van der Waals surface area contributed by atoms with Crippen LogP contribution in [0.3, 0.4) is 0 Å². The predicted molar refractivity (Wildman–Crippen MR) is 104 cm³/mol. The maximum atomic E-state index is 13.0. The van der Waals surface area contributed by atoms with Gasteiger partial charge in [-0.25, -0.2) is 4.79 Å². The van der Waals surface area contributed by atoms with E-state index in [-0.39, 0.29) is 5.91 Å². The Morgan fingerprint density at radius 2 is 1.72 bits per heavy atom. The summed E-state index contributed by atoms with van der Waals surface area (Å²) in [5.41, 5.74) is 1.09. The molecule has 1 aliphatic heterocycles. The molecule has 0 saturated carbocycles. The number of esters is 1. The highest BCUT2D eigenvalue weighted by Gasteiger charge is 2.32. The first-order chi connectivity index (χ1) is 14.1. The maximum Gasteiger partial charge on any atom is 0.348 e. The second-order valence-corrected chi connectivity index (χ2v) is 6.56. The van der Waals surface area contributed by atoms with Gasteiger partial charge in [-0.15, -0.1) is 0 Å². The number of amides is 1. The zero-order chi connectivity index (χ0) is 20.6. The number of ether oxygens (including phenoxy) is 3. The first kappa shape index (κ1) is 20.4. The summed E-state index contributed by atoms with van der Waals surface area (Å²) in [7, 11) is 0. The van der Waals surface area contributed by atoms with E-state index >= 15 is 0 Å². The van der Waals surface area contributed by atoms with Crippen LogP contribution in [0.5, 0.6) is 5.75 Å². The van der Waals surface area contributed by atoms with Crippen LogP contribution in [-0.4, -0.2) is 49.2 Å². The van der Waals surface area contributed by atoms with Gasteiger partial charge in [0.25, 0.3) is 5.91 Å². The average molecular weight is 394 g/mol. The summed E-state index contributed by atoms with van der Waals surface area (Å²) in [6.07, 6.45) is -1.97. The lowest BCUT2D eigenvalue weighted by molar-refractivity contribution is -0.167. The van der Waals surface area contributed by atoms with E-state index in [2.05, 4.69) is 0 Å². The van der Waals surface area contributed by atoms with E-state index in [9.17, 15) is 9.59 Å². The van der Waals surface area contributed by atoms with Gasteiger partial charge in [0.2, 0.25) is 6.10 Å². The molecule has 0 N–H and O–H groups in total. The van der Waals surface area contributed by atoms with Crippen LogP contribution in [0.25, 0.3) is 0 Å². The van der Waals surface area contributed by atoms with Crippen molar-refractivity contribution in [2.45, 2.75) is 19.1 Å². The Morgan fingerprint density at radius 1 is 1.07 bits per heavy atom. The van der Waals surface area contributed by atoms with Crippen LogP contribution in [0.2, 0.25) is 0 Å². The molecule has 1 heterocycles. The van der Waals surface area contributed by atoms with E-state index in [0.717, 1.165) is 0 Å². The summed E-state index contributed by atoms with van der Waals surface area (Å²) in [4.78, 5) is 27.3. The van der Waals surface area contributed by atoms with Crippen LogP contribution in [0.15, 0.2) is 54.6 Å².